The topological polar surface area (TPSA) is 54.2 Å². The number of hydrogen-bond acceptors (Lipinski definition) is 5. The monoisotopic (exact) mass is 280 g/mol. The van der Waals surface area contributed by atoms with Crippen LogP contribution in [0, 0.1) is 11.6 Å². The van der Waals surface area contributed by atoms with E-state index in [0.717, 1.165) is 38.3 Å². The highest BCUT2D eigenvalue weighted by Crippen LogP contribution is 2.20. The van der Waals surface area contributed by atoms with Crippen molar-refractivity contribution in [2.24, 2.45) is 0 Å². The number of piperazine rings is 1. The SMILES string of the molecule is Fc1ccc(-c2nc(CN3CCNCC3)no2)cc1F. The molecule has 2 heterocycles. The van der Waals surface area contributed by atoms with Crippen LogP contribution in [0.25, 0.3) is 11.5 Å². The van der Waals surface area contributed by atoms with Crippen LogP contribution in [0.5, 0.6) is 0 Å². The van der Waals surface area contributed by atoms with Crippen LogP contribution in [0.3, 0.4) is 0 Å². The van der Waals surface area contributed by atoms with E-state index in [2.05, 4.69) is 20.4 Å². The fourth-order valence-electron chi connectivity index (χ4n) is 2.13. The molecule has 0 aliphatic carbocycles. The second-order valence-electron chi connectivity index (χ2n) is 4.67. The first-order valence-corrected chi connectivity index (χ1v) is 6.43. The molecule has 1 N–H and O–H groups in total. The molecule has 0 spiro atoms. The van der Waals surface area contributed by atoms with E-state index in [-0.39, 0.29) is 5.89 Å². The van der Waals surface area contributed by atoms with Crippen LogP contribution in [0.4, 0.5) is 8.78 Å². The van der Waals surface area contributed by atoms with Gasteiger partial charge in [-0.1, -0.05) is 5.16 Å². The maximum atomic E-state index is 13.2. The third-order valence-electron chi connectivity index (χ3n) is 3.21. The lowest BCUT2D eigenvalue weighted by Gasteiger charge is -2.25. The summed E-state index contributed by atoms with van der Waals surface area (Å²) in [7, 11) is 0. The van der Waals surface area contributed by atoms with Crippen molar-refractivity contribution in [2.45, 2.75) is 6.54 Å². The van der Waals surface area contributed by atoms with Crippen LogP contribution in [0.2, 0.25) is 0 Å². The van der Waals surface area contributed by atoms with E-state index in [9.17, 15) is 8.78 Å². The molecule has 1 aliphatic rings. The predicted octanol–water partition coefficient (Wildman–Crippen LogP) is 1.42. The summed E-state index contributed by atoms with van der Waals surface area (Å²) in [5.41, 5.74) is 0.378. The molecule has 0 bridgehead atoms. The quantitative estimate of drug-likeness (QED) is 0.921. The Morgan fingerprint density at radius 3 is 2.75 bits per heavy atom. The van der Waals surface area contributed by atoms with E-state index in [1.54, 1.807) is 0 Å². The van der Waals surface area contributed by atoms with Crippen molar-refractivity contribution in [3.8, 4) is 11.5 Å². The van der Waals surface area contributed by atoms with Crippen LogP contribution in [0.1, 0.15) is 5.82 Å². The van der Waals surface area contributed by atoms with E-state index in [1.165, 1.54) is 6.07 Å². The average Bonchev–Trinajstić information content (AvgIpc) is 2.91. The van der Waals surface area contributed by atoms with Gasteiger partial charge < -0.3 is 9.84 Å². The summed E-state index contributed by atoms with van der Waals surface area (Å²) in [6, 6.07) is 3.52. The minimum atomic E-state index is -0.927. The molecule has 0 unspecified atom stereocenters. The first-order valence-electron chi connectivity index (χ1n) is 6.43. The van der Waals surface area contributed by atoms with E-state index in [1.807, 2.05) is 0 Å². The number of benzene rings is 1. The normalized spacial score (nSPS) is 16.5. The Labute approximate surface area is 114 Å². The summed E-state index contributed by atoms with van der Waals surface area (Å²) in [6.45, 7) is 4.32. The highest BCUT2D eigenvalue weighted by Gasteiger charge is 2.15. The molecule has 7 heteroatoms. The van der Waals surface area contributed by atoms with E-state index in [4.69, 9.17) is 4.52 Å². The summed E-state index contributed by atoms with van der Waals surface area (Å²) in [5, 5.41) is 7.13. The first-order chi connectivity index (χ1) is 9.72. The van der Waals surface area contributed by atoms with Crippen LogP contribution >= 0.6 is 0 Å². The highest BCUT2D eigenvalue weighted by molar-refractivity contribution is 5.52. The average molecular weight is 280 g/mol. The number of nitrogens with one attached hydrogen (secondary N) is 1. The van der Waals surface area contributed by atoms with Gasteiger partial charge in [0.15, 0.2) is 17.5 Å². The molecule has 1 aliphatic heterocycles. The molecule has 20 heavy (non-hydrogen) atoms. The molecule has 2 aromatic rings. The molecular weight excluding hydrogens is 266 g/mol. The Hall–Kier alpha value is -1.86. The summed E-state index contributed by atoms with van der Waals surface area (Å²) < 4.78 is 31.1. The van der Waals surface area contributed by atoms with Gasteiger partial charge in [0.1, 0.15) is 0 Å². The summed E-state index contributed by atoms with van der Waals surface area (Å²) in [4.78, 5) is 6.42. The van der Waals surface area contributed by atoms with Crippen molar-refractivity contribution in [1.29, 1.82) is 0 Å². The van der Waals surface area contributed by atoms with Gasteiger partial charge in [-0.05, 0) is 18.2 Å². The zero-order valence-corrected chi connectivity index (χ0v) is 10.8. The second-order valence-corrected chi connectivity index (χ2v) is 4.67. The van der Waals surface area contributed by atoms with Gasteiger partial charge >= 0.3 is 0 Å². The molecule has 0 amide bonds. The number of halogens is 2. The summed E-state index contributed by atoms with van der Waals surface area (Å²) >= 11 is 0. The summed E-state index contributed by atoms with van der Waals surface area (Å²) in [6.07, 6.45) is 0. The Kier molecular flexibility index (Phi) is 3.70. The molecular formula is C13H14F2N4O. The molecule has 1 aromatic carbocycles. The number of aromatic nitrogens is 2. The maximum absolute atomic E-state index is 13.2. The van der Waals surface area contributed by atoms with Crippen LogP contribution in [-0.2, 0) is 6.54 Å². The molecule has 1 aromatic heterocycles. The Bertz CT molecular complexity index is 596. The Balaban J connectivity index is 1.73. The van der Waals surface area contributed by atoms with Crippen molar-refractivity contribution in [3.63, 3.8) is 0 Å². The maximum Gasteiger partial charge on any atom is 0.258 e. The minimum absolute atomic E-state index is 0.203. The lowest BCUT2D eigenvalue weighted by atomic mass is 10.2. The number of rotatable bonds is 3. The van der Waals surface area contributed by atoms with Crippen LogP contribution in [0.15, 0.2) is 22.7 Å². The molecule has 0 saturated carbocycles. The van der Waals surface area contributed by atoms with Gasteiger partial charge in [-0.2, -0.15) is 4.98 Å². The van der Waals surface area contributed by atoms with Gasteiger partial charge in [0, 0.05) is 31.7 Å². The molecule has 0 atom stereocenters. The number of hydrogen-bond donors (Lipinski definition) is 1. The van der Waals surface area contributed by atoms with Crippen molar-refractivity contribution in [2.75, 3.05) is 26.2 Å². The molecule has 0 radical (unpaired) electrons. The van der Waals surface area contributed by atoms with Gasteiger partial charge in [-0.15, -0.1) is 0 Å². The molecule has 1 fully saturated rings. The number of nitrogens with zero attached hydrogens (tertiary/aromatic N) is 3. The van der Waals surface area contributed by atoms with Crippen LogP contribution < -0.4 is 5.32 Å². The first kappa shape index (κ1) is 13.1. The van der Waals surface area contributed by atoms with Gasteiger partial charge in [0.05, 0.1) is 6.54 Å². The van der Waals surface area contributed by atoms with Crippen molar-refractivity contribution in [1.82, 2.24) is 20.4 Å². The van der Waals surface area contributed by atoms with Crippen LogP contribution in [-0.4, -0.2) is 41.2 Å². The lowest BCUT2D eigenvalue weighted by Crippen LogP contribution is -2.43. The third kappa shape index (κ3) is 2.83. The van der Waals surface area contributed by atoms with Gasteiger partial charge in [0.2, 0.25) is 0 Å². The molecule has 1 saturated heterocycles. The van der Waals surface area contributed by atoms with Crippen molar-refractivity contribution < 1.29 is 13.3 Å². The minimum Gasteiger partial charge on any atom is -0.334 e. The van der Waals surface area contributed by atoms with Gasteiger partial charge in [-0.3, -0.25) is 4.90 Å². The van der Waals surface area contributed by atoms with E-state index < -0.39 is 11.6 Å². The molecule has 3 rings (SSSR count). The Morgan fingerprint density at radius 1 is 1.20 bits per heavy atom. The standard InChI is InChI=1S/C13H14F2N4O/c14-10-2-1-9(7-11(10)15)13-17-12(18-20-13)8-19-5-3-16-4-6-19/h1-2,7,16H,3-6,8H2. The van der Waals surface area contributed by atoms with E-state index >= 15 is 0 Å². The highest BCUT2D eigenvalue weighted by atomic mass is 19.2. The predicted molar refractivity (Wildman–Crippen MR) is 67.8 cm³/mol. The van der Waals surface area contributed by atoms with E-state index in [0.29, 0.717) is 17.9 Å². The third-order valence-corrected chi connectivity index (χ3v) is 3.21. The molecule has 106 valence electrons. The Morgan fingerprint density at radius 2 is 2.00 bits per heavy atom. The van der Waals surface area contributed by atoms with Gasteiger partial charge in [0.25, 0.3) is 5.89 Å². The fourth-order valence-corrected chi connectivity index (χ4v) is 2.13. The van der Waals surface area contributed by atoms with Crippen molar-refractivity contribution in [3.05, 3.63) is 35.7 Å². The van der Waals surface area contributed by atoms with Gasteiger partial charge in [-0.25, -0.2) is 8.78 Å². The van der Waals surface area contributed by atoms with Crippen molar-refractivity contribution >= 4 is 0 Å². The largest absolute Gasteiger partial charge is 0.334 e. The lowest BCUT2D eigenvalue weighted by molar-refractivity contribution is 0.225. The smallest absolute Gasteiger partial charge is 0.258 e. The molecule has 5 nitrogen and oxygen atoms in total. The summed E-state index contributed by atoms with van der Waals surface area (Å²) in [5.74, 6) is -1.07. The zero-order valence-electron chi connectivity index (χ0n) is 10.8. The zero-order chi connectivity index (χ0) is 13.9. The second kappa shape index (κ2) is 5.64. The fraction of sp³-hybridized carbons (Fsp3) is 0.385.